The minimum atomic E-state index is -0.112. The Labute approximate surface area is 125 Å². The van der Waals surface area contributed by atoms with Gasteiger partial charge in [-0.2, -0.15) is 0 Å². The number of allylic oxidation sites excluding steroid dienone is 1. The van der Waals surface area contributed by atoms with Crippen molar-refractivity contribution in [2.24, 2.45) is 0 Å². The number of hydrogen-bond acceptors (Lipinski definition) is 2. The van der Waals surface area contributed by atoms with E-state index in [1.807, 2.05) is 50.2 Å². The van der Waals surface area contributed by atoms with Crippen LogP contribution in [0.25, 0.3) is 11.3 Å². The van der Waals surface area contributed by atoms with Gasteiger partial charge < -0.3 is 5.11 Å². The topological polar surface area (TPSA) is 37.3 Å². The molecule has 0 saturated carbocycles. The molecule has 0 bridgehead atoms. The maximum atomic E-state index is 12.5. The molecule has 100 valence electrons. The summed E-state index contributed by atoms with van der Waals surface area (Å²) in [7, 11) is 0. The molecule has 1 N–H and O–H groups in total. The van der Waals surface area contributed by atoms with Crippen molar-refractivity contribution in [2.45, 2.75) is 13.8 Å². The molecule has 0 amide bonds. The van der Waals surface area contributed by atoms with Crippen LogP contribution in [0.1, 0.15) is 32.6 Å². The summed E-state index contributed by atoms with van der Waals surface area (Å²) >= 11 is 3.39. The van der Waals surface area contributed by atoms with Crippen LogP contribution in [0.4, 0.5) is 0 Å². The molecule has 3 heteroatoms. The largest absolute Gasteiger partial charge is 0.507 e. The van der Waals surface area contributed by atoms with E-state index in [2.05, 4.69) is 15.9 Å². The van der Waals surface area contributed by atoms with Crippen LogP contribution >= 0.6 is 15.9 Å². The molecule has 3 rings (SSSR count). The molecule has 0 unspecified atom stereocenters. The zero-order valence-corrected chi connectivity index (χ0v) is 12.8. The van der Waals surface area contributed by atoms with E-state index in [0.29, 0.717) is 16.7 Å². The van der Waals surface area contributed by atoms with Crippen LogP contribution in [0.2, 0.25) is 0 Å². The van der Waals surface area contributed by atoms with Gasteiger partial charge in [0.2, 0.25) is 0 Å². The molecule has 0 fully saturated rings. The number of halogens is 1. The molecule has 1 aliphatic rings. The van der Waals surface area contributed by atoms with Crippen molar-refractivity contribution in [1.29, 1.82) is 0 Å². The Kier molecular flexibility index (Phi) is 3.02. The number of rotatable bonds is 1. The van der Waals surface area contributed by atoms with Crippen molar-refractivity contribution in [3.8, 4) is 0 Å². The molecular weight excluding hydrogens is 316 g/mol. The number of aryl methyl sites for hydroxylation is 2. The summed E-state index contributed by atoms with van der Waals surface area (Å²) in [5.41, 5.74) is 4.45. The highest BCUT2D eigenvalue weighted by atomic mass is 79.9. The maximum Gasteiger partial charge on any atom is 0.198 e. The standard InChI is InChI=1S/C17H13BrO2/c1-9-6-13-14(7-10(9)2)17(20)15(16(13)19)11-4-3-5-12(18)8-11/h3-8,19H,1-2H3. The van der Waals surface area contributed by atoms with E-state index >= 15 is 0 Å². The first-order valence-corrected chi connectivity index (χ1v) is 7.14. The number of ketones is 1. The fourth-order valence-electron chi connectivity index (χ4n) is 2.49. The Morgan fingerprint density at radius 2 is 1.65 bits per heavy atom. The molecule has 0 radical (unpaired) electrons. The molecule has 0 aliphatic heterocycles. The predicted molar refractivity (Wildman–Crippen MR) is 83.8 cm³/mol. The lowest BCUT2D eigenvalue weighted by Crippen LogP contribution is -1.99. The highest BCUT2D eigenvalue weighted by Crippen LogP contribution is 2.38. The monoisotopic (exact) mass is 328 g/mol. The number of aliphatic hydroxyl groups is 1. The Bertz CT molecular complexity index is 773. The SMILES string of the molecule is Cc1cc2c(cc1C)C(O)=C(c1cccc(Br)c1)C2=O. The Balaban J connectivity index is 2.22. The Hall–Kier alpha value is -1.87. The first-order chi connectivity index (χ1) is 9.49. The van der Waals surface area contributed by atoms with Gasteiger partial charge in [-0.1, -0.05) is 28.1 Å². The first-order valence-electron chi connectivity index (χ1n) is 6.34. The van der Waals surface area contributed by atoms with E-state index in [4.69, 9.17) is 0 Å². The van der Waals surface area contributed by atoms with Gasteiger partial charge in [0, 0.05) is 15.6 Å². The fourth-order valence-corrected chi connectivity index (χ4v) is 2.89. The second-order valence-electron chi connectivity index (χ2n) is 5.05. The van der Waals surface area contributed by atoms with Crippen LogP contribution in [-0.4, -0.2) is 10.9 Å². The van der Waals surface area contributed by atoms with Gasteiger partial charge >= 0.3 is 0 Å². The molecule has 2 nitrogen and oxygen atoms in total. The molecule has 20 heavy (non-hydrogen) atoms. The van der Waals surface area contributed by atoms with Gasteiger partial charge in [-0.05, 0) is 54.8 Å². The summed E-state index contributed by atoms with van der Waals surface area (Å²) in [5, 5.41) is 10.4. The summed E-state index contributed by atoms with van der Waals surface area (Å²) in [6.45, 7) is 3.95. The third kappa shape index (κ3) is 1.90. The van der Waals surface area contributed by atoms with E-state index in [9.17, 15) is 9.90 Å². The second-order valence-corrected chi connectivity index (χ2v) is 5.96. The van der Waals surface area contributed by atoms with E-state index in [0.717, 1.165) is 21.2 Å². The van der Waals surface area contributed by atoms with Gasteiger partial charge in [-0.15, -0.1) is 0 Å². The van der Waals surface area contributed by atoms with E-state index in [1.54, 1.807) is 0 Å². The summed E-state index contributed by atoms with van der Waals surface area (Å²) < 4.78 is 0.881. The smallest absolute Gasteiger partial charge is 0.198 e. The number of carbonyl (C=O) groups excluding carboxylic acids is 1. The Morgan fingerprint density at radius 3 is 2.30 bits per heavy atom. The molecule has 1 aliphatic carbocycles. The number of fused-ring (bicyclic) bond motifs is 1. The molecule has 0 aromatic heterocycles. The molecule has 2 aromatic carbocycles. The van der Waals surface area contributed by atoms with Gasteiger partial charge in [0.25, 0.3) is 0 Å². The highest BCUT2D eigenvalue weighted by molar-refractivity contribution is 9.10. The minimum Gasteiger partial charge on any atom is -0.507 e. The normalized spacial score (nSPS) is 13.8. The van der Waals surface area contributed by atoms with Gasteiger partial charge in [0.15, 0.2) is 5.78 Å². The Morgan fingerprint density at radius 1 is 1.00 bits per heavy atom. The summed E-state index contributed by atoms with van der Waals surface area (Å²) in [6.07, 6.45) is 0. The molecule has 0 saturated heterocycles. The van der Waals surface area contributed by atoms with Crippen molar-refractivity contribution >= 4 is 33.0 Å². The number of hydrogen-bond donors (Lipinski definition) is 1. The van der Waals surface area contributed by atoms with E-state index < -0.39 is 0 Å². The third-order valence-electron chi connectivity index (χ3n) is 3.71. The average Bonchev–Trinajstić information content (AvgIpc) is 2.63. The third-order valence-corrected chi connectivity index (χ3v) is 4.20. The van der Waals surface area contributed by atoms with Crippen molar-refractivity contribution in [2.75, 3.05) is 0 Å². The quantitative estimate of drug-likeness (QED) is 0.824. The lowest BCUT2D eigenvalue weighted by Gasteiger charge is -2.04. The van der Waals surface area contributed by atoms with E-state index in [-0.39, 0.29) is 11.5 Å². The van der Waals surface area contributed by atoms with Crippen molar-refractivity contribution in [1.82, 2.24) is 0 Å². The maximum absolute atomic E-state index is 12.5. The van der Waals surface area contributed by atoms with Gasteiger partial charge in [-0.3, -0.25) is 4.79 Å². The van der Waals surface area contributed by atoms with Gasteiger partial charge in [-0.25, -0.2) is 0 Å². The van der Waals surface area contributed by atoms with Crippen LogP contribution in [0.5, 0.6) is 0 Å². The fraction of sp³-hybridized carbons (Fsp3) is 0.118. The summed E-state index contributed by atoms with van der Waals surface area (Å²) in [4.78, 5) is 12.5. The second kappa shape index (κ2) is 4.60. The zero-order valence-electron chi connectivity index (χ0n) is 11.2. The van der Waals surface area contributed by atoms with Gasteiger partial charge in [0.1, 0.15) is 5.76 Å². The van der Waals surface area contributed by atoms with Crippen LogP contribution in [0.15, 0.2) is 40.9 Å². The number of Topliss-reactive ketones (excluding diaryl/α,β-unsaturated/α-hetero) is 1. The van der Waals surface area contributed by atoms with Crippen molar-refractivity contribution in [3.63, 3.8) is 0 Å². The van der Waals surface area contributed by atoms with Gasteiger partial charge in [0.05, 0.1) is 5.57 Å². The predicted octanol–water partition coefficient (Wildman–Crippen LogP) is 4.69. The summed E-state index contributed by atoms with van der Waals surface area (Å²) in [5.74, 6) is -0.0371. The lowest BCUT2D eigenvalue weighted by atomic mass is 9.99. The van der Waals surface area contributed by atoms with E-state index in [1.165, 1.54) is 0 Å². The van der Waals surface area contributed by atoms with Crippen molar-refractivity contribution in [3.05, 3.63) is 68.7 Å². The molecule has 0 heterocycles. The molecule has 0 spiro atoms. The number of benzene rings is 2. The number of aliphatic hydroxyl groups excluding tert-OH is 1. The minimum absolute atomic E-state index is 0.0752. The molecule has 0 atom stereocenters. The molecular formula is C17H13BrO2. The van der Waals surface area contributed by atoms with Crippen molar-refractivity contribution < 1.29 is 9.90 Å². The summed E-state index contributed by atoms with van der Waals surface area (Å²) in [6, 6.07) is 11.2. The average molecular weight is 329 g/mol. The van der Waals surface area contributed by atoms with Crippen LogP contribution in [-0.2, 0) is 0 Å². The van der Waals surface area contributed by atoms with Crippen LogP contribution in [0, 0.1) is 13.8 Å². The highest BCUT2D eigenvalue weighted by Gasteiger charge is 2.31. The van der Waals surface area contributed by atoms with Crippen LogP contribution < -0.4 is 0 Å². The zero-order chi connectivity index (χ0) is 14.4. The van der Waals surface area contributed by atoms with Crippen LogP contribution in [0.3, 0.4) is 0 Å². The first kappa shape index (κ1) is 13.1. The molecule has 2 aromatic rings. The lowest BCUT2D eigenvalue weighted by molar-refractivity contribution is 0.105. The number of carbonyl (C=O) groups is 1.